The Morgan fingerprint density at radius 1 is 1.38 bits per heavy atom. The van der Waals surface area contributed by atoms with Crippen molar-refractivity contribution in [2.75, 3.05) is 12.3 Å². The van der Waals surface area contributed by atoms with Crippen LogP contribution in [0.15, 0.2) is 58.3 Å². The second-order valence-electron chi connectivity index (χ2n) is 6.71. The van der Waals surface area contributed by atoms with Crippen LogP contribution in [-0.4, -0.2) is 42.9 Å². The molecular formula is C20H20BrN5OS2. The summed E-state index contributed by atoms with van der Waals surface area (Å²) in [6.45, 7) is 4.89. The summed E-state index contributed by atoms with van der Waals surface area (Å²) in [5.41, 5.74) is 0.946. The molecule has 4 rings (SSSR count). The molecule has 1 saturated carbocycles. The van der Waals surface area contributed by atoms with Crippen molar-refractivity contribution in [3.63, 3.8) is 0 Å². The van der Waals surface area contributed by atoms with Gasteiger partial charge in [-0.3, -0.25) is 14.3 Å². The molecule has 3 aromatic rings. The maximum Gasteiger partial charge on any atom is 0.233 e. The van der Waals surface area contributed by atoms with Gasteiger partial charge in [-0.25, -0.2) is 0 Å². The SMILES string of the molecule is C=CCN(Cc1ccc(Br)s1)C(=O)CSc1nnc(-c2cccnc2)n1C1CC1. The molecule has 0 atom stereocenters. The van der Waals surface area contributed by atoms with Gasteiger partial charge in [-0.15, -0.1) is 28.1 Å². The summed E-state index contributed by atoms with van der Waals surface area (Å²) in [5.74, 6) is 1.20. The lowest BCUT2D eigenvalue weighted by molar-refractivity contribution is -0.128. The number of carbonyl (C=O) groups is 1. The number of nitrogens with zero attached hydrogens (tertiary/aromatic N) is 5. The highest BCUT2D eigenvalue weighted by Gasteiger charge is 2.30. The predicted octanol–water partition coefficient (Wildman–Crippen LogP) is 4.81. The molecule has 1 aliphatic rings. The van der Waals surface area contributed by atoms with E-state index in [0.29, 0.717) is 24.9 Å². The zero-order valence-corrected chi connectivity index (χ0v) is 18.9. The molecule has 0 aliphatic heterocycles. The molecule has 0 spiro atoms. The lowest BCUT2D eigenvalue weighted by Gasteiger charge is -2.20. The Bertz CT molecular complexity index is 999. The van der Waals surface area contributed by atoms with Gasteiger partial charge in [0.1, 0.15) is 0 Å². The molecule has 9 heteroatoms. The molecular weight excluding hydrogens is 470 g/mol. The number of hydrogen-bond donors (Lipinski definition) is 0. The lowest BCUT2D eigenvalue weighted by Crippen LogP contribution is -2.31. The molecule has 3 aromatic heterocycles. The molecule has 29 heavy (non-hydrogen) atoms. The minimum absolute atomic E-state index is 0.0627. The van der Waals surface area contributed by atoms with Crippen LogP contribution in [-0.2, 0) is 11.3 Å². The van der Waals surface area contributed by atoms with E-state index in [-0.39, 0.29) is 5.91 Å². The van der Waals surface area contributed by atoms with E-state index in [4.69, 9.17) is 0 Å². The highest BCUT2D eigenvalue weighted by Crippen LogP contribution is 2.41. The smallest absolute Gasteiger partial charge is 0.233 e. The predicted molar refractivity (Wildman–Crippen MR) is 120 cm³/mol. The second kappa shape index (κ2) is 9.23. The minimum atomic E-state index is 0.0627. The van der Waals surface area contributed by atoms with Gasteiger partial charge in [0.2, 0.25) is 5.91 Å². The molecule has 0 saturated heterocycles. The summed E-state index contributed by atoms with van der Waals surface area (Å²) in [4.78, 5) is 20.0. The molecule has 1 amide bonds. The summed E-state index contributed by atoms with van der Waals surface area (Å²) in [6.07, 6.45) is 7.53. The third-order valence-electron chi connectivity index (χ3n) is 4.50. The molecule has 1 fully saturated rings. The number of carbonyl (C=O) groups excluding carboxylic acids is 1. The minimum Gasteiger partial charge on any atom is -0.333 e. The molecule has 0 N–H and O–H groups in total. The van der Waals surface area contributed by atoms with Gasteiger partial charge in [-0.05, 0) is 53.0 Å². The lowest BCUT2D eigenvalue weighted by atomic mass is 10.3. The summed E-state index contributed by atoms with van der Waals surface area (Å²) >= 11 is 6.56. The summed E-state index contributed by atoms with van der Waals surface area (Å²) in [6, 6.07) is 8.33. The van der Waals surface area contributed by atoms with Crippen molar-refractivity contribution in [1.82, 2.24) is 24.6 Å². The van der Waals surface area contributed by atoms with Gasteiger partial charge in [-0.2, -0.15) is 0 Å². The number of aromatic nitrogens is 4. The van der Waals surface area contributed by atoms with Gasteiger partial charge >= 0.3 is 0 Å². The molecule has 3 heterocycles. The van der Waals surface area contributed by atoms with Gasteiger partial charge in [0.15, 0.2) is 11.0 Å². The topological polar surface area (TPSA) is 63.9 Å². The van der Waals surface area contributed by atoms with Gasteiger partial charge in [0, 0.05) is 35.4 Å². The fourth-order valence-electron chi connectivity index (χ4n) is 2.98. The number of thiophene rings is 1. The first-order chi connectivity index (χ1) is 14.2. The quantitative estimate of drug-likeness (QED) is 0.318. The van der Waals surface area contributed by atoms with Crippen molar-refractivity contribution >= 4 is 44.9 Å². The van der Waals surface area contributed by atoms with E-state index < -0.39 is 0 Å². The van der Waals surface area contributed by atoms with E-state index >= 15 is 0 Å². The van der Waals surface area contributed by atoms with Crippen LogP contribution in [0.3, 0.4) is 0 Å². The van der Waals surface area contributed by atoms with Gasteiger partial charge in [-0.1, -0.05) is 17.8 Å². The molecule has 1 aliphatic carbocycles. The van der Waals surface area contributed by atoms with E-state index in [0.717, 1.165) is 38.0 Å². The van der Waals surface area contributed by atoms with Crippen molar-refractivity contribution in [2.45, 2.75) is 30.6 Å². The molecule has 0 bridgehead atoms. The van der Waals surface area contributed by atoms with Crippen LogP contribution >= 0.6 is 39.0 Å². The van der Waals surface area contributed by atoms with E-state index in [9.17, 15) is 4.79 Å². The Morgan fingerprint density at radius 2 is 2.24 bits per heavy atom. The number of thioether (sulfide) groups is 1. The number of pyridine rings is 1. The average Bonchev–Trinajstić information content (AvgIpc) is 3.35. The van der Waals surface area contributed by atoms with Gasteiger partial charge in [0.25, 0.3) is 0 Å². The Hall–Kier alpha value is -1.97. The Kier molecular flexibility index (Phi) is 6.46. The van der Waals surface area contributed by atoms with E-state index in [1.807, 2.05) is 29.2 Å². The fourth-order valence-corrected chi connectivity index (χ4v) is 5.39. The van der Waals surface area contributed by atoms with Crippen LogP contribution in [0.1, 0.15) is 23.8 Å². The Labute approximate surface area is 186 Å². The summed E-state index contributed by atoms with van der Waals surface area (Å²) in [7, 11) is 0. The first-order valence-electron chi connectivity index (χ1n) is 9.26. The molecule has 6 nitrogen and oxygen atoms in total. The van der Waals surface area contributed by atoms with Crippen molar-refractivity contribution in [2.24, 2.45) is 0 Å². The van der Waals surface area contributed by atoms with Crippen molar-refractivity contribution in [3.05, 3.63) is 58.0 Å². The first-order valence-corrected chi connectivity index (χ1v) is 11.9. The first kappa shape index (κ1) is 20.3. The summed E-state index contributed by atoms with van der Waals surface area (Å²) < 4.78 is 3.22. The Morgan fingerprint density at radius 3 is 2.90 bits per heavy atom. The number of hydrogen-bond acceptors (Lipinski definition) is 6. The average molecular weight is 490 g/mol. The van der Waals surface area contributed by atoms with Crippen LogP contribution in [0.5, 0.6) is 0 Å². The molecule has 0 aromatic carbocycles. The molecule has 0 radical (unpaired) electrons. The van der Waals surface area contributed by atoms with Crippen LogP contribution in [0.2, 0.25) is 0 Å². The molecule has 150 valence electrons. The fraction of sp³-hybridized carbons (Fsp3) is 0.300. The van der Waals surface area contributed by atoms with Gasteiger partial charge in [0.05, 0.1) is 16.1 Å². The van der Waals surface area contributed by atoms with E-state index in [1.165, 1.54) is 11.8 Å². The summed E-state index contributed by atoms with van der Waals surface area (Å²) in [5, 5.41) is 9.55. The van der Waals surface area contributed by atoms with Crippen LogP contribution < -0.4 is 0 Å². The van der Waals surface area contributed by atoms with Crippen LogP contribution in [0.25, 0.3) is 11.4 Å². The van der Waals surface area contributed by atoms with Crippen LogP contribution in [0, 0.1) is 0 Å². The van der Waals surface area contributed by atoms with E-state index in [1.54, 1.807) is 29.8 Å². The number of amides is 1. The number of halogens is 1. The standard InChI is InChI=1S/C20H20BrN5OS2/c1-2-10-25(12-16-7-8-17(21)29-16)18(27)13-28-20-24-23-19(26(20)15-5-6-15)14-4-3-9-22-11-14/h2-4,7-9,11,15H,1,5-6,10,12-13H2. The second-order valence-corrected chi connectivity index (χ2v) is 10.2. The van der Waals surface area contributed by atoms with E-state index in [2.05, 4.69) is 42.3 Å². The number of rotatable bonds is 9. The highest BCUT2D eigenvalue weighted by molar-refractivity contribution is 9.11. The monoisotopic (exact) mass is 489 g/mol. The van der Waals surface area contributed by atoms with Crippen molar-refractivity contribution < 1.29 is 4.79 Å². The molecule has 0 unspecified atom stereocenters. The third kappa shape index (κ3) is 4.96. The zero-order valence-electron chi connectivity index (χ0n) is 15.7. The van der Waals surface area contributed by atoms with Crippen molar-refractivity contribution in [1.29, 1.82) is 0 Å². The third-order valence-corrected chi connectivity index (χ3v) is 7.04. The Balaban J connectivity index is 1.47. The normalized spacial score (nSPS) is 13.4. The largest absolute Gasteiger partial charge is 0.333 e. The van der Waals surface area contributed by atoms with Crippen LogP contribution in [0.4, 0.5) is 0 Å². The van der Waals surface area contributed by atoms with Crippen molar-refractivity contribution in [3.8, 4) is 11.4 Å². The highest BCUT2D eigenvalue weighted by atomic mass is 79.9. The maximum absolute atomic E-state index is 12.9. The van der Waals surface area contributed by atoms with Gasteiger partial charge < -0.3 is 4.90 Å². The zero-order chi connectivity index (χ0) is 20.2. The maximum atomic E-state index is 12.9.